The minimum atomic E-state index is -0.673. The molecule has 0 bridgehead atoms. The molecular formula is C69H56. The number of benzene rings is 9. The van der Waals surface area contributed by atoms with Crippen molar-refractivity contribution in [1.82, 2.24) is 0 Å². The molecule has 9 aromatic carbocycles. The lowest BCUT2D eigenvalue weighted by atomic mass is 9.62. The molecule has 12 rings (SSSR count). The largest absolute Gasteiger partial charge is 0.0873 e. The second-order valence-corrected chi connectivity index (χ2v) is 19.2. The first-order valence-electron chi connectivity index (χ1n) is 24.9. The zero-order valence-electron chi connectivity index (χ0n) is 40.2. The van der Waals surface area contributed by atoms with Crippen molar-refractivity contribution in [1.29, 1.82) is 0 Å². The maximum Gasteiger partial charge on any atom is 0.0722 e. The molecule has 0 saturated heterocycles. The maximum absolute atomic E-state index is 2.55. The summed E-state index contributed by atoms with van der Waals surface area (Å²) < 4.78 is 0. The molecule has 0 radical (unpaired) electrons. The average molecular weight is 885 g/mol. The van der Waals surface area contributed by atoms with Crippen LogP contribution in [0.15, 0.2) is 236 Å². The third-order valence-corrected chi connectivity index (χ3v) is 15.9. The van der Waals surface area contributed by atoms with Crippen LogP contribution in [0.25, 0.3) is 50.1 Å². The van der Waals surface area contributed by atoms with Crippen LogP contribution < -0.4 is 0 Å². The molecule has 332 valence electrons. The first-order valence-corrected chi connectivity index (χ1v) is 24.9. The minimum absolute atomic E-state index is 0.118. The zero-order chi connectivity index (χ0) is 46.9. The summed E-state index contributed by atoms with van der Waals surface area (Å²) in [4.78, 5) is 0. The van der Waals surface area contributed by atoms with Gasteiger partial charge in [-0.25, -0.2) is 0 Å². The number of allylic oxidation sites excluding steroid dienone is 6. The lowest BCUT2D eigenvalue weighted by molar-refractivity contribution is 0.711. The van der Waals surface area contributed by atoms with Crippen LogP contribution in [0.2, 0.25) is 0 Å². The van der Waals surface area contributed by atoms with Gasteiger partial charge in [-0.15, -0.1) is 0 Å². The molecule has 3 aliphatic rings. The Balaban J connectivity index is 1.40. The van der Waals surface area contributed by atoms with Crippen molar-refractivity contribution in [3.8, 4) is 44.5 Å². The van der Waals surface area contributed by atoms with Gasteiger partial charge in [0.2, 0.25) is 0 Å². The molecule has 1 unspecified atom stereocenters. The van der Waals surface area contributed by atoms with Gasteiger partial charge in [-0.2, -0.15) is 0 Å². The van der Waals surface area contributed by atoms with Gasteiger partial charge in [0.15, 0.2) is 0 Å². The molecule has 0 heteroatoms. The predicted molar refractivity (Wildman–Crippen MR) is 291 cm³/mol. The highest BCUT2D eigenvalue weighted by Crippen LogP contribution is 2.69. The third kappa shape index (κ3) is 6.01. The molecular weight excluding hydrogens is 829 g/mol. The quantitative estimate of drug-likeness (QED) is 0.127. The Morgan fingerprint density at radius 1 is 0.478 bits per heavy atom. The van der Waals surface area contributed by atoms with E-state index in [2.05, 4.69) is 265 Å². The van der Waals surface area contributed by atoms with Gasteiger partial charge in [0, 0.05) is 11.3 Å². The van der Waals surface area contributed by atoms with Crippen molar-refractivity contribution >= 4 is 5.57 Å². The van der Waals surface area contributed by atoms with Gasteiger partial charge < -0.3 is 0 Å². The minimum Gasteiger partial charge on any atom is -0.0873 e. The SMILES string of the molecule is C\C=C/C(=C(\C=C/C)C1c2ccccc2-c2c1c(-c1ccccc1)c(C1(C)c3ccccc3-c3ccccc31)c1c2[C@@](c2ccccc2)(c2ccccc2C)c2ccccc2-1)c1ccccc1CC. The van der Waals surface area contributed by atoms with Crippen LogP contribution in [-0.2, 0) is 17.3 Å². The maximum atomic E-state index is 2.55. The highest BCUT2D eigenvalue weighted by atomic mass is 14.6. The van der Waals surface area contributed by atoms with Crippen LogP contribution in [0.4, 0.5) is 0 Å². The summed E-state index contributed by atoms with van der Waals surface area (Å²) in [5.74, 6) is -0.118. The fraction of sp³-hybridized carbons (Fsp3) is 0.130. The number of hydrogen-bond acceptors (Lipinski definition) is 0. The molecule has 0 spiro atoms. The molecule has 2 atom stereocenters. The van der Waals surface area contributed by atoms with E-state index in [1.807, 2.05) is 0 Å². The Labute approximate surface area is 408 Å². The smallest absolute Gasteiger partial charge is 0.0722 e. The van der Waals surface area contributed by atoms with Gasteiger partial charge in [0.25, 0.3) is 0 Å². The summed E-state index contributed by atoms with van der Waals surface area (Å²) in [6.07, 6.45) is 10.3. The van der Waals surface area contributed by atoms with Crippen LogP contribution in [-0.4, -0.2) is 0 Å². The van der Waals surface area contributed by atoms with E-state index < -0.39 is 10.8 Å². The fourth-order valence-corrected chi connectivity index (χ4v) is 13.3. The van der Waals surface area contributed by atoms with E-state index in [1.54, 1.807) is 0 Å². The first-order chi connectivity index (χ1) is 34.0. The summed E-state index contributed by atoms with van der Waals surface area (Å²) in [5.41, 5.74) is 27.8. The van der Waals surface area contributed by atoms with Gasteiger partial charge >= 0.3 is 0 Å². The molecule has 0 amide bonds. The lowest BCUT2D eigenvalue weighted by Crippen LogP contribution is -2.31. The summed E-state index contributed by atoms with van der Waals surface area (Å²) >= 11 is 0. The standard InChI is InChI=1S/C69H56/c1-6-27-50(49-35-17-16-30-46(49)8-3)53(28-7-2)62-54-38-18-19-39-55(54)63-65(62)61(47-31-11-9-12-32-47)66(68(5)58-42-24-20-36-51(58)52-37-21-25-43-59(52)68)64-56-40-22-26-44-60(56)69(67(63)64,48-33-13-10-14-34-48)57-41-23-15-29-45(57)4/h6-7,9-44,62H,8H2,1-5H3/b27-6-,28-7-,53-50-/t62?,69-/m0/s1. The first kappa shape index (κ1) is 42.5. The van der Waals surface area contributed by atoms with E-state index in [4.69, 9.17) is 0 Å². The molecule has 0 saturated carbocycles. The van der Waals surface area contributed by atoms with Crippen molar-refractivity contribution < 1.29 is 0 Å². The highest BCUT2D eigenvalue weighted by molar-refractivity contribution is 6.06. The van der Waals surface area contributed by atoms with Gasteiger partial charge in [-0.3, -0.25) is 0 Å². The third-order valence-electron chi connectivity index (χ3n) is 15.9. The zero-order valence-corrected chi connectivity index (χ0v) is 40.2. The number of aryl methyl sites for hydroxylation is 2. The Bertz CT molecular complexity index is 3530. The van der Waals surface area contributed by atoms with E-state index in [0.717, 1.165) is 6.42 Å². The lowest BCUT2D eigenvalue weighted by Gasteiger charge is -2.39. The van der Waals surface area contributed by atoms with Crippen molar-refractivity contribution in [3.05, 3.63) is 303 Å². The van der Waals surface area contributed by atoms with Crippen LogP contribution >= 0.6 is 0 Å². The van der Waals surface area contributed by atoms with Gasteiger partial charge in [0.1, 0.15) is 0 Å². The predicted octanol–water partition coefficient (Wildman–Crippen LogP) is 17.6. The second-order valence-electron chi connectivity index (χ2n) is 19.2. The Hall–Kier alpha value is -7.80. The van der Waals surface area contributed by atoms with E-state index in [9.17, 15) is 0 Å². The molecule has 0 aliphatic heterocycles. The average Bonchev–Trinajstić information content (AvgIpc) is 4.00. The Morgan fingerprint density at radius 3 is 1.67 bits per heavy atom. The topological polar surface area (TPSA) is 0 Å². The van der Waals surface area contributed by atoms with Crippen molar-refractivity contribution in [3.63, 3.8) is 0 Å². The summed E-state index contributed by atoms with van der Waals surface area (Å²) in [7, 11) is 0. The molecule has 0 fully saturated rings. The van der Waals surface area contributed by atoms with Crippen LogP contribution in [0.5, 0.6) is 0 Å². The Kier molecular flexibility index (Phi) is 10.3. The molecule has 0 heterocycles. The molecule has 69 heavy (non-hydrogen) atoms. The summed E-state index contributed by atoms with van der Waals surface area (Å²) in [6.45, 7) is 11.5. The fourth-order valence-electron chi connectivity index (χ4n) is 13.3. The van der Waals surface area contributed by atoms with Crippen LogP contribution in [0.3, 0.4) is 0 Å². The monoisotopic (exact) mass is 884 g/mol. The number of hydrogen-bond donors (Lipinski definition) is 0. The van der Waals surface area contributed by atoms with Gasteiger partial charge in [-0.1, -0.05) is 237 Å². The molecule has 0 nitrogen and oxygen atoms in total. The van der Waals surface area contributed by atoms with Gasteiger partial charge in [-0.05, 0) is 157 Å². The number of fused-ring (bicyclic) bond motifs is 10. The molecule has 9 aromatic rings. The van der Waals surface area contributed by atoms with Crippen LogP contribution in [0.1, 0.15) is 100 Å². The second kappa shape index (κ2) is 16.8. The summed E-state index contributed by atoms with van der Waals surface area (Å²) in [6, 6.07) is 78.5. The number of rotatable bonds is 9. The Morgan fingerprint density at radius 2 is 1.01 bits per heavy atom. The summed E-state index contributed by atoms with van der Waals surface area (Å²) in [5, 5.41) is 0. The van der Waals surface area contributed by atoms with Crippen LogP contribution in [0, 0.1) is 6.92 Å². The normalized spacial score (nSPS) is 17.3. The van der Waals surface area contributed by atoms with Crippen molar-refractivity contribution in [2.24, 2.45) is 0 Å². The van der Waals surface area contributed by atoms with E-state index in [0.29, 0.717) is 0 Å². The van der Waals surface area contributed by atoms with Crippen molar-refractivity contribution in [2.75, 3.05) is 0 Å². The van der Waals surface area contributed by atoms with E-state index in [1.165, 1.54) is 122 Å². The molecule has 3 aliphatic carbocycles. The van der Waals surface area contributed by atoms with E-state index in [-0.39, 0.29) is 5.92 Å². The van der Waals surface area contributed by atoms with E-state index >= 15 is 0 Å². The highest BCUT2D eigenvalue weighted by Gasteiger charge is 2.56. The molecule has 0 aromatic heterocycles. The van der Waals surface area contributed by atoms with Gasteiger partial charge in [0.05, 0.1) is 5.41 Å². The van der Waals surface area contributed by atoms with Crippen molar-refractivity contribution in [2.45, 2.75) is 57.8 Å². The molecule has 0 N–H and O–H groups in total.